The molecule has 1 aliphatic rings. The van der Waals surface area contributed by atoms with E-state index >= 15 is 0 Å². The van der Waals surface area contributed by atoms with Crippen molar-refractivity contribution in [2.24, 2.45) is 0 Å². The van der Waals surface area contributed by atoms with Crippen LogP contribution in [0.5, 0.6) is 0 Å². The summed E-state index contributed by atoms with van der Waals surface area (Å²) >= 11 is 0. The van der Waals surface area contributed by atoms with E-state index in [2.05, 4.69) is 32.5 Å². The van der Waals surface area contributed by atoms with Gasteiger partial charge >= 0.3 is 0 Å². The Hall–Kier alpha value is -1.40. The van der Waals surface area contributed by atoms with Crippen LogP contribution in [-0.4, -0.2) is 55.2 Å². The summed E-state index contributed by atoms with van der Waals surface area (Å²) in [4.78, 5) is 11.2. The highest BCUT2D eigenvalue weighted by atomic mass is 16.5. The molecule has 6 heteroatoms. The fourth-order valence-corrected chi connectivity index (χ4v) is 2.25. The van der Waals surface area contributed by atoms with E-state index < -0.39 is 0 Å². The molecule has 0 aliphatic carbocycles. The number of methoxy groups -OCH3 is 1. The van der Waals surface area contributed by atoms with Gasteiger partial charge in [-0.3, -0.25) is 0 Å². The number of likely N-dealkylation sites (tertiary alicyclic amines) is 1. The Kier molecular flexibility index (Phi) is 4.93. The van der Waals surface area contributed by atoms with Gasteiger partial charge in [0.2, 0.25) is 0 Å². The van der Waals surface area contributed by atoms with E-state index in [1.807, 2.05) is 13.1 Å². The number of aromatic nitrogens is 2. The van der Waals surface area contributed by atoms with Crippen LogP contribution in [0.3, 0.4) is 0 Å². The van der Waals surface area contributed by atoms with Crippen LogP contribution in [0.15, 0.2) is 6.07 Å². The number of nitrogens with one attached hydrogen (secondary N) is 2. The van der Waals surface area contributed by atoms with Gasteiger partial charge in [-0.2, -0.15) is 0 Å². The maximum absolute atomic E-state index is 5.10. The van der Waals surface area contributed by atoms with E-state index in [9.17, 15) is 0 Å². The number of piperidine rings is 1. The molecule has 0 amide bonds. The molecule has 0 atom stereocenters. The summed E-state index contributed by atoms with van der Waals surface area (Å²) < 4.78 is 5.10. The highest BCUT2D eigenvalue weighted by molar-refractivity contribution is 5.47. The number of hydrogen-bond acceptors (Lipinski definition) is 6. The van der Waals surface area contributed by atoms with Crippen molar-refractivity contribution in [3.63, 3.8) is 0 Å². The first-order chi connectivity index (χ1) is 9.21. The van der Waals surface area contributed by atoms with E-state index in [-0.39, 0.29) is 0 Å². The largest absolute Gasteiger partial charge is 0.377 e. The molecular formula is C13H23N5O. The molecule has 19 heavy (non-hydrogen) atoms. The second-order valence-corrected chi connectivity index (χ2v) is 4.96. The molecular weight excluding hydrogens is 242 g/mol. The van der Waals surface area contributed by atoms with Crippen LogP contribution in [0.25, 0.3) is 0 Å². The maximum Gasteiger partial charge on any atom is 0.158 e. The minimum Gasteiger partial charge on any atom is -0.377 e. The average Bonchev–Trinajstić information content (AvgIpc) is 2.41. The van der Waals surface area contributed by atoms with E-state index in [4.69, 9.17) is 4.74 Å². The SMILES string of the molecule is CNc1cc(NC2CCN(C)CC2)nc(COC)n1. The number of anilines is 2. The van der Waals surface area contributed by atoms with Gasteiger partial charge in [-0.1, -0.05) is 0 Å². The van der Waals surface area contributed by atoms with Gasteiger partial charge in [-0.25, -0.2) is 9.97 Å². The lowest BCUT2D eigenvalue weighted by Crippen LogP contribution is -2.36. The van der Waals surface area contributed by atoms with Gasteiger partial charge in [-0.05, 0) is 33.0 Å². The minimum atomic E-state index is 0.428. The molecule has 0 saturated carbocycles. The third kappa shape index (κ3) is 4.04. The molecule has 1 aromatic heterocycles. The van der Waals surface area contributed by atoms with Crippen molar-refractivity contribution in [2.75, 3.05) is 44.9 Å². The zero-order valence-corrected chi connectivity index (χ0v) is 11.9. The molecule has 0 bridgehead atoms. The minimum absolute atomic E-state index is 0.428. The maximum atomic E-state index is 5.10. The van der Waals surface area contributed by atoms with Gasteiger partial charge in [-0.15, -0.1) is 0 Å². The summed E-state index contributed by atoms with van der Waals surface area (Å²) in [5, 5.41) is 6.56. The standard InChI is InChI=1S/C13H23N5O/c1-14-11-8-12(17-13(16-11)9-19-3)15-10-4-6-18(2)7-5-10/h8,10H,4-7,9H2,1-3H3,(H2,14,15,16,17). The monoisotopic (exact) mass is 265 g/mol. The van der Waals surface area contributed by atoms with Crippen LogP contribution in [0.1, 0.15) is 18.7 Å². The van der Waals surface area contributed by atoms with Crippen molar-refractivity contribution in [3.8, 4) is 0 Å². The predicted molar refractivity (Wildman–Crippen MR) is 76.4 cm³/mol. The molecule has 6 nitrogen and oxygen atoms in total. The molecule has 106 valence electrons. The smallest absolute Gasteiger partial charge is 0.158 e. The van der Waals surface area contributed by atoms with E-state index in [0.717, 1.165) is 37.6 Å². The van der Waals surface area contributed by atoms with Crippen LogP contribution < -0.4 is 10.6 Å². The second-order valence-electron chi connectivity index (χ2n) is 4.96. The number of rotatable bonds is 5. The van der Waals surface area contributed by atoms with E-state index in [0.29, 0.717) is 18.5 Å². The van der Waals surface area contributed by atoms with Gasteiger partial charge < -0.3 is 20.3 Å². The third-order valence-electron chi connectivity index (χ3n) is 3.37. The van der Waals surface area contributed by atoms with Crippen molar-refractivity contribution >= 4 is 11.6 Å². The summed E-state index contributed by atoms with van der Waals surface area (Å²) in [6.45, 7) is 2.69. The van der Waals surface area contributed by atoms with Gasteiger partial charge in [0, 0.05) is 26.3 Å². The first-order valence-electron chi connectivity index (χ1n) is 6.71. The van der Waals surface area contributed by atoms with Crippen LogP contribution in [-0.2, 0) is 11.3 Å². The zero-order valence-electron chi connectivity index (χ0n) is 11.9. The van der Waals surface area contributed by atoms with Crippen LogP contribution in [0, 0.1) is 0 Å². The molecule has 1 saturated heterocycles. The Labute approximate surface area is 114 Å². The quantitative estimate of drug-likeness (QED) is 0.833. The van der Waals surface area contributed by atoms with Gasteiger partial charge in [0.05, 0.1) is 0 Å². The van der Waals surface area contributed by atoms with E-state index in [1.165, 1.54) is 0 Å². The molecule has 2 heterocycles. The molecule has 0 spiro atoms. The van der Waals surface area contributed by atoms with Crippen LogP contribution in [0.4, 0.5) is 11.6 Å². The summed E-state index contributed by atoms with van der Waals surface area (Å²) in [6.07, 6.45) is 2.30. The molecule has 0 aromatic carbocycles. The predicted octanol–water partition coefficient (Wildman–Crippen LogP) is 1.17. The Morgan fingerprint density at radius 2 is 2.00 bits per heavy atom. The molecule has 1 fully saturated rings. The second kappa shape index (κ2) is 6.68. The Morgan fingerprint density at radius 1 is 1.32 bits per heavy atom. The average molecular weight is 265 g/mol. The van der Waals surface area contributed by atoms with Crippen LogP contribution >= 0.6 is 0 Å². The summed E-state index contributed by atoms with van der Waals surface area (Å²) in [7, 11) is 5.68. The highest BCUT2D eigenvalue weighted by Gasteiger charge is 2.17. The highest BCUT2D eigenvalue weighted by Crippen LogP contribution is 2.17. The summed E-state index contributed by atoms with van der Waals surface area (Å²) in [5.74, 6) is 2.39. The van der Waals surface area contributed by atoms with Crippen molar-refractivity contribution in [2.45, 2.75) is 25.5 Å². The molecule has 2 rings (SSSR count). The topological polar surface area (TPSA) is 62.3 Å². The number of ether oxygens (including phenoxy) is 1. The lowest BCUT2D eigenvalue weighted by Gasteiger charge is -2.29. The fraction of sp³-hybridized carbons (Fsp3) is 0.692. The van der Waals surface area contributed by atoms with Crippen molar-refractivity contribution in [1.82, 2.24) is 14.9 Å². The zero-order chi connectivity index (χ0) is 13.7. The third-order valence-corrected chi connectivity index (χ3v) is 3.37. The lowest BCUT2D eigenvalue weighted by atomic mass is 10.1. The Bertz CT molecular complexity index is 404. The lowest BCUT2D eigenvalue weighted by molar-refractivity contribution is 0.178. The first-order valence-corrected chi connectivity index (χ1v) is 6.71. The van der Waals surface area contributed by atoms with E-state index in [1.54, 1.807) is 7.11 Å². The summed E-state index contributed by atoms with van der Waals surface area (Å²) in [6, 6.07) is 2.43. The van der Waals surface area contributed by atoms with Crippen molar-refractivity contribution in [3.05, 3.63) is 11.9 Å². The molecule has 1 aromatic rings. The summed E-state index contributed by atoms with van der Waals surface area (Å²) in [5.41, 5.74) is 0. The number of hydrogen-bond donors (Lipinski definition) is 2. The Morgan fingerprint density at radius 3 is 2.63 bits per heavy atom. The Balaban J connectivity index is 2.04. The fourth-order valence-electron chi connectivity index (χ4n) is 2.25. The molecule has 0 unspecified atom stereocenters. The van der Waals surface area contributed by atoms with Gasteiger partial charge in [0.1, 0.15) is 18.2 Å². The molecule has 0 radical (unpaired) electrons. The van der Waals surface area contributed by atoms with Crippen molar-refractivity contribution in [1.29, 1.82) is 0 Å². The van der Waals surface area contributed by atoms with Gasteiger partial charge in [0.25, 0.3) is 0 Å². The normalized spacial score (nSPS) is 17.4. The molecule has 1 aliphatic heterocycles. The number of nitrogens with zero attached hydrogens (tertiary/aromatic N) is 3. The van der Waals surface area contributed by atoms with Crippen molar-refractivity contribution < 1.29 is 4.74 Å². The van der Waals surface area contributed by atoms with Gasteiger partial charge in [0.15, 0.2) is 5.82 Å². The van der Waals surface area contributed by atoms with Crippen LogP contribution in [0.2, 0.25) is 0 Å². The first kappa shape index (κ1) is 14.0. The molecule has 2 N–H and O–H groups in total.